The number of Topliss-reactive ketones (excluding diaryl/α,β-unsaturated/α-hetero) is 1. The number of esters is 2. The summed E-state index contributed by atoms with van der Waals surface area (Å²) in [4.78, 5) is 61.1. The molecule has 1 atom stereocenters. The highest BCUT2D eigenvalue weighted by atomic mass is 16.5. The summed E-state index contributed by atoms with van der Waals surface area (Å²) < 4.78 is 15.3. The molecule has 0 aliphatic heterocycles. The highest BCUT2D eigenvalue weighted by Crippen LogP contribution is 2.30. The summed E-state index contributed by atoms with van der Waals surface area (Å²) >= 11 is 0. The van der Waals surface area contributed by atoms with Crippen molar-refractivity contribution in [3.63, 3.8) is 0 Å². The number of hydrogen-bond acceptors (Lipinski definition) is 9. The van der Waals surface area contributed by atoms with E-state index in [9.17, 15) is 24.0 Å². The van der Waals surface area contributed by atoms with Gasteiger partial charge in [-0.2, -0.15) is 0 Å². The number of carbonyl (C=O) groups excluding carboxylic acids is 5. The van der Waals surface area contributed by atoms with Crippen LogP contribution in [0.4, 0.5) is 0 Å². The first kappa shape index (κ1) is 23.1. The summed E-state index contributed by atoms with van der Waals surface area (Å²) in [6.45, 7) is 3.56. The number of hydrogen-bond donors (Lipinski definition) is 1. The van der Waals surface area contributed by atoms with E-state index in [0.29, 0.717) is 0 Å². The Morgan fingerprint density at radius 3 is 2.25 bits per heavy atom. The van der Waals surface area contributed by atoms with E-state index < -0.39 is 41.8 Å². The van der Waals surface area contributed by atoms with Crippen LogP contribution < -0.4 is 5.73 Å². The molecule has 9 nitrogen and oxygen atoms in total. The average molecular weight is 441 g/mol. The van der Waals surface area contributed by atoms with Crippen LogP contribution in [0.1, 0.15) is 69.3 Å². The third-order valence-electron chi connectivity index (χ3n) is 4.97. The molecule has 0 amide bonds. The number of ether oxygens (including phenoxy) is 2. The minimum atomic E-state index is -0.810. The van der Waals surface area contributed by atoms with Crippen molar-refractivity contribution in [3.8, 4) is 0 Å². The Hall–Kier alpha value is -3.59. The van der Waals surface area contributed by atoms with Gasteiger partial charge in [0.05, 0.1) is 18.8 Å². The smallest absolute Gasteiger partial charge is 0.323 e. The number of ketones is 3. The van der Waals surface area contributed by atoms with Gasteiger partial charge in [-0.25, -0.2) is 0 Å². The van der Waals surface area contributed by atoms with E-state index in [1.165, 1.54) is 18.2 Å². The molecular weight excluding hydrogens is 418 g/mol. The number of fused-ring (bicyclic) bond motifs is 2. The van der Waals surface area contributed by atoms with Crippen molar-refractivity contribution >= 4 is 29.3 Å². The van der Waals surface area contributed by atoms with Gasteiger partial charge in [0.25, 0.3) is 0 Å². The zero-order valence-electron chi connectivity index (χ0n) is 17.7. The third-order valence-corrected chi connectivity index (χ3v) is 4.97. The van der Waals surface area contributed by atoms with Crippen molar-refractivity contribution in [2.75, 3.05) is 13.2 Å². The largest absolute Gasteiger partial charge is 0.465 e. The number of carbonyl (C=O) groups is 5. The van der Waals surface area contributed by atoms with Crippen LogP contribution in [0.2, 0.25) is 0 Å². The first-order valence-corrected chi connectivity index (χ1v) is 10.1. The van der Waals surface area contributed by atoms with E-state index in [2.05, 4.69) is 0 Å². The molecule has 1 heterocycles. The van der Waals surface area contributed by atoms with E-state index in [4.69, 9.17) is 19.6 Å². The molecule has 0 radical (unpaired) electrons. The van der Waals surface area contributed by atoms with E-state index in [-0.39, 0.29) is 53.8 Å². The lowest BCUT2D eigenvalue weighted by molar-refractivity contribution is -0.147. The van der Waals surface area contributed by atoms with Gasteiger partial charge in [0.15, 0.2) is 17.3 Å². The van der Waals surface area contributed by atoms with Crippen molar-refractivity contribution in [1.82, 2.24) is 0 Å². The second kappa shape index (κ2) is 9.69. The van der Waals surface area contributed by atoms with Crippen molar-refractivity contribution in [2.45, 2.75) is 32.7 Å². The molecule has 1 aromatic carbocycles. The van der Waals surface area contributed by atoms with Gasteiger partial charge in [-0.05, 0) is 12.0 Å². The molecule has 1 aromatic heterocycles. The van der Waals surface area contributed by atoms with Gasteiger partial charge in [-0.15, -0.1) is 0 Å². The molecule has 2 N–H and O–H groups in total. The maximum atomic E-state index is 12.6. The van der Waals surface area contributed by atoms with E-state index in [1.807, 2.05) is 0 Å². The molecular formula is C23H23NO8. The Labute approximate surface area is 183 Å². The quantitative estimate of drug-likeness (QED) is 0.228. The maximum absolute atomic E-state index is 12.6. The van der Waals surface area contributed by atoms with Crippen LogP contribution in [0.5, 0.6) is 0 Å². The molecule has 32 heavy (non-hydrogen) atoms. The predicted octanol–water partition coefficient (Wildman–Crippen LogP) is 2.09. The van der Waals surface area contributed by atoms with Crippen molar-refractivity contribution < 1.29 is 37.9 Å². The van der Waals surface area contributed by atoms with Gasteiger partial charge >= 0.3 is 11.9 Å². The highest BCUT2D eigenvalue weighted by Gasteiger charge is 2.34. The van der Waals surface area contributed by atoms with Crippen LogP contribution >= 0.6 is 0 Å². The predicted molar refractivity (Wildman–Crippen MR) is 110 cm³/mol. The van der Waals surface area contributed by atoms with Crippen LogP contribution in [0.3, 0.4) is 0 Å². The summed E-state index contributed by atoms with van der Waals surface area (Å²) in [6.07, 6.45) is -0.382. The average Bonchev–Trinajstić information content (AvgIpc) is 3.22. The van der Waals surface area contributed by atoms with Gasteiger partial charge in [0, 0.05) is 17.5 Å². The number of benzene rings is 1. The Balaban J connectivity index is 1.51. The van der Waals surface area contributed by atoms with Crippen LogP contribution in [0.25, 0.3) is 0 Å². The van der Waals surface area contributed by atoms with Gasteiger partial charge in [0.2, 0.25) is 11.6 Å². The first-order chi connectivity index (χ1) is 15.2. The molecule has 1 aliphatic carbocycles. The van der Waals surface area contributed by atoms with Crippen LogP contribution in [-0.2, 0) is 19.1 Å². The number of furan rings is 1. The highest BCUT2D eigenvalue weighted by molar-refractivity contribution is 6.28. The Bertz CT molecular complexity index is 1030. The molecule has 168 valence electrons. The Kier molecular flexibility index (Phi) is 6.99. The molecule has 1 aliphatic rings. The molecule has 0 bridgehead atoms. The fourth-order valence-electron chi connectivity index (χ4n) is 3.07. The molecule has 9 heteroatoms. The van der Waals surface area contributed by atoms with Gasteiger partial charge in [0.1, 0.15) is 12.5 Å². The number of rotatable bonds is 9. The number of nitrogens with two attached hydrogens (primary N) is 1. The summed E-state index contributed by atoms with van der Waals surface area (Å²) in [5, 5.41) is 0. The topological polar surface area (TPSA) is 143 Å². The third kappa shape index (κ3) is 4.83. The summed E-state index contributed by atoms with van der Waals surface area (Å²) in [7, 11) is 0. The lowest BCUT2D eigenvalue weighted by atomic mass is 9.88. The first-order valence-electron chi connectivity index (χ1n) is 10.1. The molecule has 1 unspecified atom stereocenters. The van der Waals surface area contributed by atoms with Crippen molar-refractivity contribution in [1.29, 1.82) is 0 Å². The standard InChI is InChI=1S/C23H23NO8/c1-12(2)19(24)23(29)31-9-5-8-30-18(26)11-16(25)17-10-15-20(27)13-6-3-4-7-14(13)21(28)22(15)32-17/h3-4,6-7,10,12,19H,5,8-9,11,24H2,1-2H3. The molecule has 3 rings (SSSR count). The maximum Gasteiger partial charge on any atom is 0.323 e. The second-order valence-corrected chi connectivity index (χ2v) is 7.67. The molecule has 2 aromatic rings. The van der Waals surface area contributed by atoms with E-state index >= 15 is 0 Å². The summed E-state index contributed by atoms with van der Waals surface area (Å²) in [6, 6.07) is 6.75. The molecule has 0 saturated heterocycles. The zero-order valence-corrected chi connectivity index (χ0v) is 17.7. The SMILES string of the molecule is CC(C)C(N)C(=O)OCCCOC(=O)CC(=O)c1cc2c(o1)C(=O)c1ccccc1C2=O. The summed E-state index contributed by atoms with van der Waals surface area (Å²) in [5.74, 6) is -3.52. The fraction of sp³-hybridized carbons (Fsp3) is 0.348. The minimum Gasteiger partial charge on any atom is -0.465 e. The minimum absolute atomic E-state index is 0.00756. The van der Waals surface area contributed by atoms with Crippen LogP contribution in [0.15, 0.2) is 34.7 Å². The van der Waals surface area contributed by atoms with Crippen molar-refractivity contribution in [3.05, 3.63) is 58.5 Å². The molecule has 0 spiro atoms. The van der Waals surface area contributed by atoms with Gasteiger partial charge in [-0.3, -0.25) is 24.0 Å². The van der Waals surface area contributed by atoms with Crippen LogP contribution in [0, 0.1) is 5.92 Å². The fourth-order valence-corrected chi connectivity index (χ4v) is 3.07. The van der Waals surface area contributed by atoms with E-state index in [1.54, 1.807) is 26.0 Å². The van der Waals surface area contributed by atoms with Crippen LogP contribution in [-0.4, -0.2) is 48.5 Å². The molecule has 0 fully saturated rings. The zero-order chi connectivity index (χ0) is 23.4. The normalized spacial score (nSPS) is 13.4. The van der Waals surface area contributed by atoms with Crippen molar-refractivity contribution in [2.24, 2.45) is 11.7 Å². The molecule has 0 saturated carbocycles. The monoisotopic (exact) mass is 441 g/mol. The summed E-state index contributed by atoms with van der Waals surface area (Å²) in [5.41, 5.74) is 6.09. The van der Waals surface area contributed by atoms with Gasteiger partial charge < -0.3 is 19.6 Å². The Morgan fingerprint density at radius 2 is 1.59 bits per heavy atom. The lowest BCUT2D eigenvalue weighted by Gasteiger charge is -2.14. The van der Waals surface area contributed by atoms with Gasteiger partial charge in [-0.1, -0.05) is 38.1 Å². The lowest BCUT2D eigenvalue weighted by Crippen LogP contribution is -2.37. The van der Waals surface area contributed by atoms with E-state index in [0.717, 1.165) is 0 Å². The second-order valence-electron chi connectivity index (χ2n) is 7.67. The Morgan fingerprint density at radius 1 is 0.969 bits per heavy atom.